The van der Waals surface area contributed by atoms with Crippen molar-refractivity contribution >= 4 is 23.4 Å². The van der Waals surface area contributed by atoms with Crippen LogP contribution in [0.15, 0.2) is 42.5 Å². The number of phenols is 1. The van der Waals surface area contributed by atoms with Gasteiger partial charge in [-0.1, -0.05) is 25.1 Å². The van der Waals surface area contributed by atoms with E-state index in [1.54, 1.807) is 12.1 Å². The fraction of sp³-hybridized carbons (Fsp3) is 0.350. The maximum Gasteiger partial charge on any atom is 0.255 e. The number of aryl methyl sites for hydroxylation is 1. The van der Waals surface area contributed by atoms with Crippen molar-refractivity contribution in [3.05, 3.63) is 59.2 Å². The Morgan fingerprint density at radius 1 is 1.12 bits per heavy atom. The lowest BCUT2D eigenvalue weighted by molar-refractivity contribution is 0.0948. The summed E-state index contributed by atoms with van der Waals surface area (Å²) in [5, 5.41) is 12.8. The minimum atomic E-state index is -0.245. The van der Waals surface area contributed by atoms with Gasteiger partial charge in [-0.15, -0.1) is 0 Å². The lowest BCUT2D eigenvalue weighted by Gasteiger charge is -2.28. The first-order chi connectivity index (χ1) is 12.2. The minimum Gasteiger partial charge on any atom is -0.507 e. The molecule has 1 heterocycles. The summed E-state index contributed by atoms with van der Waals surface area (Å²) in [6, 6.07) is 13.5. The quantitative estimate of drug-likeness (QED) is 0.862. The molecular weight excluding hydrogens is 332 g/mol. The number of carbonyl (C=O) groups excluding carboxylic acids is 1. The lowest BCUT2D eigenvalue weighted by atomic mass is 10.1. The summed E-state index contributed by atoms with van der Waals surface area (Å²) in [6.45, 7) is 4.66. The molecule has 0 bridgehead atoms. The summed E-state index contributed by atoms with van der Waals surface area (Å²) >= 11 is 2.00. The van der Waals surface area contributed by atoms with Gasteiger partial charge in [0.15, 0.2) is 0 Å². The van der Waals surface area contributed by atoms with Crippen LogP contribution in [-0.2, 0) is 13.0 Å². The zero-order valence-electron chi connectivity index (χ0n) is 14.5. The van der Waals surface area contributed by atoms with Gasteiger partial charge in [0.05, 0.1) is 5.56 Å². The van der Waals surface area contributed by atoms with E-state index in [4.69, 9.17) is 0 Å². The first kappa shape index (κ1) is 17.7. The van der Waals surface area contributed by atoms with E-state index in [2.05, 4.69) is 34.5 Å². The van der Waals surface area contributed by atoms with E-state index in [1.807, 2.05) is 24.8 Å². The molecule has 2 N–H and O–H groups in total. The summed E-state index contributed by atoms with van der Waals surface area (Å²) in [5.41, 5.74) is 3.66. The van der Waals surface area contributed by atoms with Gasteiger partial charge in [-0.2, -0.15) is 11.8 Å². The number of aromatic hydroxyl groups is 1. The normalized spacial score (nSPS) is 14.4. The van der Waals surface area contributed by atoms with Gasteiger partial charge in [0.25, 0.3) is 5.91 Å². The van der Waals surface area contributed by atoms with Gasteiger partial charge < -0.3 is 15.3 Å². The van der Waals surface area contributed by atoms with Crippen LogP contribution in [-0.4, -0.2) is 35.6 Å². The SMILES string of the molecule is CCc1ccc(O)c(C(=O)NCc2ccc(N3CCSCC3)cc2)c1. The molecule has 1 saturated heterocycles. The summed E-state index contributed by atoms with van der Waals surface area (Å²) in [5.74, 6) is 2.13. The number of nitrogens with zero attached hydrogens (tertiary/aromatic N) is 1. The first-order valence-electron chi connectivity index (χ1n) is 8.69. The Morgan fingerprint density at radius 2 is 1.80 bits per heavy atom. The smallest absolute Gasteiger partial charge is 0.255 e. The largest absolute Gasteiger partial charge is 0.507 e. The van der Waals surface area contributed by atoms with Crippen molar-refractivity contribution < 1.29 is 9.90 Å². The maximum absolute atomic E-state index is 12.3. The molecule has 1 amide bonds. The lowest BCUT2D eigenvalue weighted by Crippen LogP contribution is -2.32. The molecule has 0 radical (unpaired) electrons. The average molecular weight is 356 g/mol. The standard InChI is InChI=1S/C20H24N2O2S/c1-2-15-5-8-19(23)18(13-15)20(24)21-14-16-3-6-17(7-4-16)22-9-11-25-12-10-22/h3-8,13,23H,2,9-12,14H2,1H3,(H,21,24). The van der Waals surface area contributed by atoms with Crippen molar-refractivity contribution in [2.45, 2.75) is 19.9 Å². The second-order valence-corrected chi connectivity index (χ2v) is 7.38. The van der Waals surface area contributed by atoms with Crippen LogP contribution in [0, 0.1) is 0 Å². The molecule has 1 aliphatic rings. The third kappa shape index (κ3) is 4.48. The van der Waals surface area contributed by atoms with Gasteiger partial charge in [0.2, 0.25) is 0 Å². The molecule has 0 aromatic heterocycles. The fourth-order valence-corrected chi connectivity index (χ4v) is 3.81. The number of phenolic OH excluding ortho intramolecular Hbond substituents is 1. The highest BCUT2D eigenvalue weighted by atomic mass is 32.2. The molecule has 0 atom stereocenters. The molecule has 25 heavy (non-hydrogen) atoms. The Bertz CT molecular complexity index is 725. The Kier molecular flexibility index (Phi) is 5.87. The predicted molar refractivity (Wildman–Crippen MR) is 105 cm³/mol. The van der Waals surface area contributed by atoms with Crippen LogP contribution in [0.2, 0.25) is 0 Å². The number of carbonyl (C=O) groups is 1. The molecule has 4 nitrogen and oxygen atoms in total. The third-order valence-corrected chi connectivity index (χ3v) is 5.42. The molecule has 2 aromatic carbocycles. The van der Waals surface area contributed by atoms with Crippen LogP contribution in [0.25, 0.3) is 0 Å². The molecule has 0 spiro atoms. The first-order valence-corrected chi connectivity index (χ1v) is 9.84. The number of anilines is 1. The number of amides is 1. The maximum atomic E-state index is 12.3. The Hall–Kier alpha value is -2.14. The topological polar surface area (TPSA) is 52.6 Å². The van der Waals surface area contributed by atoms with Crippen molar-refractivity contribution in [1.82, 2.24) is 5.32 Å². The predicted octanol–water partition coefficient (Wildman–Crippen LogP) is 3.44. The van der Waals surface area contributed by atoms with Gasteiger partial charge in [-0.3, -0.25) is 4.79 Å². The highest BCUT2D eigenvalue weighted by Crippen LogP contribution is 2.21. The van der Waals surface area contributed by atoms with Crippen LogP contribution in [0.3, 0.4) is 0 Å². The number of hydrogen-bond donors (Lipinski definition) is 2. The van der Waals surface area contributed by atoms with E-state index in [0.29, 0.717) is 12.1 Å². The number of benzene rings is 2. The summed E-state index contributed by atoms with van der Waals surface area (Å²) in [4.78, 5) is 14.7. The summed E-state index contributed by atoms with van der Waals surface area (Å²) in [7, 11) is 0. The van der Waals surface area contributed by atoms with E-state index >= 15 is 0 Å². The Morgan fingerprint density at radius 3 is 2.48 bits per heavy atom. The van der Waals surface area contributed by atoms with E-state index in [1.165, 1.54) is 17.2 Å². The van der Waals surface area contributed by atoms with Crippen LogP contribution < -0.4 is 10.2 Å². The van der Waals surface area contributed by atoms with E-state index in [9.17, 15) is 9.90 Å². The van der Waals surface area contributed by atoms with Gasteiger partial charge in [-0.25, -0.2) is 0 Å². The molecule has 5 heteroatoms. The number of thioether (sulfide) groups is 1. The molecule has 1 aliphatic heterocycles. The molecule has 0 unspecified atom stereocenters. The van der Waals surface area contributed by atoms with Crippen molar-refractivity contribution in [3.63, 3.8) is 0 Å². The van der Waals surface area contributed by atoms with Gasteiger partial charge in [0.1, 0.15) is 5.75 Å². The van der Waals surface area contributed by atoms with Gasteiger partial charge in [0, 0.05) is 36.8 Å². The van der Waals surface area contributed by atoms with Gasteiger partial charge >= 0.3 is 0 Å². The number of rotatable bonds is 5. The molecule has 2 aromatic rings. The molecule has 3 rings (SSSR count). The Balaban J connectivity index is 1.60. The molecule has 132 valence electrons. The minimum absolute atomic E-state index is 0.0213. The highest BCUT2D eigenvalue weighted by molar-refractivity contribution is 7.99. The average Bonchev–Trinajstić information content (AvgIpc) is 2.67. The molecule has 0 saturated carbocycles. The Labute approximate surface area is 153 Å². The van der Waals surface area contributed by atoms with Crippen LogP contribution in [0.5, 0.6) is 5.75 Å². The van der Waals surface area contributed by atoms with E-state index < -0.39 is 0 Å². The zero-order chi connectivity index (χ0) is 17.6. The van der Waals surface area contributed by atoms with E-state index in [0.717, 1.165) is 30.6 Å². The second-order valence-electron chi connectivity index (χ2n) is 6.15. The molecule has 0 aliphatic carbocycles. The van der Waals surface area contributed by atoms with Gasteiger partial charge in [-0.05, 0) is 41.8 Å². The van der Waals surface area contributed by atoms with Crippen LogP contribution in [0.4, 0.5) is 5.69 Å². The number of hydrogen-bond acceptors (Lipinski definition) is 4. The third-order valence-electron chi connectivity index (χ3n) is 4.48. The van der Waals surface area contributed by atoms with E-state index in [-0.39, 0.29) is 11.7 Å². The summed E-state index contributed by atoms with van der Waals surface area (Å²) < 4.78 is 0. The van der Waals surface area contributed by atoms with Crippen molar-refractivity contribution in [2.75, 3.05) is 29.5 Å². The van der Waals surface area contributed by atoms with Crippen molar-refractivity contribution in [1.29, 1.82) is 0 Å². The highest BCUT2D eigenvalue weighted by Gasteiger charge is 2.13. The van der Waals surface area contributed by atoms with Crippen LogP contribution >= 0.6 is 11.8 Å². The van der Waals surface area contributed by atoms with Crippen molar-refractivity contribution in [3.8, 4) is 5.75 Å². The van der Waals surface area contributed by atoms with Crippen LogP contribution in [0.1, 0.15) is 28.4 Å². The zero-order valence-corrected chi connectivity index (χ0v) is 15.3. The van der Waals surface area contributed by atoms with Crippen molar-refractivity contribution in [2.24, 2.45) is 0 Å². The second kappa shape index (κ2) is 8.30. The molecule has 1 fully saturated rings. The molecular formula is C20H24N2O2S. The monoisotopic (exact) mass is 356 g/mol. The summed E-state index contributed by atoms with van der Waals surface area (Å²) in [6.07, 6.45) is 0.830. The number of nitrogens with one attached hydrogen (secondary N) is 1. The fourth-order valence-electron chi connectivity index (χ4n) is 2.91.